The Balaban J connectivity index is 1.59. The van der Waals surface area contributed by atoms with Crippen molar-refractivity contribution in [1.29, 1.82) is 0 Å². The summed E-state index contributed by atoms with van der Waals surface area (Å²) in [5.41, 5.74) is 13.6. The number of nitrogens with one attached hydrogen (secondary N) is 2. The summed E-state index contributed by atoms with van der Waals surface area (Å²) in [6.45, 7) is 3.82. The van der Waals surface area contributed by atoms with Crippen LogP contribution in [-0.4, -0.2) is 48.7 Å². The van der Waals surface area contributed by atoms with Crippen molar-refractivity contribution in [3.8, 4) is 0 Å². The Hall–Kier alpha value is -4.35. The van der Waals surface area contributed by atoms with Gasteiger partial charge in [0.2, 0.25) is 5.95 Å². The lowest BCUT2D eigenvalue weighted by molar-refractivity contribution is -0.139. The standard InChI is InChI=1S/C22H26N8O4/c1-11(2)16(31)8-7-15(21(33)34)28-20(32)12-3-5-13(6-4-12)25-9-14-10-26-19-17(27-14)18(23)29-22(24)30-19/h3-6,10-11,15,25H,7-9H2,1-2H3,(H,28,32)(H,33,34)(H4,23,24,26,29,30). The number of nitrogens with two attached hydrogens (primary N) is 2. The van der Waals surface area contributed by atoms with Crippen molar-refractivity contribution in [2.75, 3.05) is 16.8 Å². The van der Waals surface area contributed by atoms with Gasteiger partial charge in [-0.25, -0.2) is 14.8 Å². The predicted molar refractivity (Wildman–Crippen MR) is 126 cm³/mol. The number of rotatable bonds is 10. The number of carboxylic acids is 1. The van der Waals surface area contributed by atoms with Gasteiger partial charge in [0, 0.05) is 23.6 Å². The van der Waals surface area contributed by atoms with E-state index in [9.17, 15) is 19.5 Å². The number of nitrogens with zero attached hydrogens (tertiary/aromatic N) is 4. The number of fused-ring (bicyclic) bond motifs is 1. The first-order valence-corrected chi connectivity index (χ1v) is 10.6. The summed E-state index contributed by atoms with van der Waals surface area (Å²) in [7, 11) is 0. The van der Waals surface area contributed by atoms with Crippen LogP contribution in [0.2, 0.25) is 0 Å². The summed E-state index contributed by atoms with van der Waals surface area (Å²) in [5.74, 6) is -1.80. The number of carboxylic acid groups (broad SMARTS) is 1. The van der Waals surface area contributed by atoms with Gasteiger partial charge in [0.15, 0.2) is 17.0 Å². The van der Waals surface area contributed by atoms with Crippen molar-refractivity contribution in [1.82, 2.24) is 25.3 Å². The first kappa shape index (κ1) is 24.3. The lowest BCUT2D eigenvalue weighted by Crippen LogP contribution is -2.41. The Morgan fingerprint density at radius 2 is 1.76 bits per heavy atom. The maximum Gasteiger partial charge on any atom is 0.326 e. The molecule has 34 heavy (non-hydrogen) atoms. The summed E-state index contributed by atoms with van der Waals surface area (Å²) in [6, 6.07) is 5.35. The quantitative estimate of drug-likeness (QED) is 0.289. The highest BCUT2D eigenvalue weighted by Crippen LogP contribution is 2.16. The second-order valence-corrected chi connectivity index (χ2v) is 7.96. The van der Waals surface area contributed by atoms with Gasteiger partial charge in [-0.3, -0.25) is 9.59 Å². The maximum absolute atomic E-state index is 12.5. The van der Waals surface area contributed by atoms with Crippen molar-refractivity contribution < 1.29 is 19.5 Å². The summed E-state index contributed by atoms with van der Waals surface area (Å²) in [6.07, 6.45) is 1.66. The minimum Gasteiger partial charge on any atom is -0.480 e. The number of hydrogen-bond acceptors (Lipinski definition) is 10. The molecule has 2 aromatic heterocycles. The number of aliphatic carboxylic acids is 1. The van der Waals surface area contributed by atoms with Crippen molar-refractivity contribution in [3.63, 3.8) is 0 Å². The normalized spacial score (nSPS) is 11.9. The number of anilines is 3. The number of hydrogen-bond donors (Lipinski definition) is 5. The molecule has 178 valence electrons. The van der Waals surface area contributed by atoms with E-state index in [1.807, 2.05) is 0 Å². The average Bonchev–Trinajstić information content (AvgIpc) is 2.80. The lowest BCUT2D eigenvalue weighted by atomic mass is 10.0. The molecule has 0 aliphatic carbocycles. The molecular formula is C22H26N8O4. The predicted octanol–water partition coefficient (Wildman–Crippen LogP) is 1.38. The third-order valence-corrected chi connectivity index (χ3v) is 5.05. The fraction of sp³-hybridized carbons (Fsp3) is 0.318. The summed E-state index contributed by atoms with van der Waals surface area (Å²) < 4.78 is 0. The molecule has 0 fully saturated rings. The number of benzene rings is 1. The molecule has 12 heteroatoms. The molecule has 0 saturated heterocycles. The van der Waals surface area contributed by atoms with E-state index >= 15 is 0 Å². The zero-order valence-corrected chi connectivity index (χ0v) is 18.8. The van der Waals surface area contributed by atoms with Gasteiger partial charge in [-0.2, -0.15) is 9.97 Å². The summed E-state index contributed by atoms with van der Waals surface area (Å²) >= 11 is 0. The molecule has 0 saturated carbocycles. The van der Waals surface area contributed by atoms with Crippen LogP contribution in [0.3, 0.4) is 0 Å². The Labute approximate surface area is 195 Å². The molecule has 7 N–H and O–H groups in total. The Morgan fingerprint density at radius 1 is 1.06 bits per heavy atom. The second kappa shape index (κ2) is 10.5. The number of amides is 1. The van der Waals surface area contributed by atoms with Gasteiger partial charge in [0.05, 0.1) is 18.4 Å². The van der Waals surface area contributed by atoms with E-state index in [4.69, 9.17) is 11.5 Å². The molecule has 1 atom stereocenters. The molecule has 0 aliphatic heterocycles. The molecule has 3 rings (SSSR count). The van der Waals surface area contributed by atoms with E-state index in [1.165, 1.54) is 0 Å². The van der Waals surface area contributed by atoms with E-state index in [0.29, 0.717) is 34.7 Å². The minimum atomic E-state index is -1.19. The molecule has 0 radical (unpaired) electrons. The number of Topliss-reactive ketones (excluding diaryl/α,β-unsaturated/α-hetero) is 1. The highest BCUT2D eigenvalue weighted by atomic mass is 16.4. The van der Waals surface area contributed by atoms with Gasteiger partial charge in [-0.1, -0.05) is 13.8 Å². The fourth-order valence-corrected chi connectivity index (χ4v) is 3.07. The third-order valence-electron chi connectivity index (χ3n) is 5.05. The van der Waals surface area contributed by atoms with Crippen LogP contribution in [0, 0.1) is 5.92 Å². The summed E-state index contributed by atoms with van der Waals surface area (Å²) in [5, 5.41) is 15.0. The Kier molecular flexibility index (Phi) is 7.51. The van der Waals surface area contributed by atoms with Gasteiger partial charge >= 0.3 is 5.97 Å². The van der Waals surface area contributed by atoms with Crippen LogP contribution in [0.25, 0.3) is 11.2 Å². The third kappa shape index (κ3) is 6.12. The monoisotopic (exact) mass is 466 g/mol. The lowest BCUT2D eigenvalue weighted by Gasteiger charge is -2.15. The first-order valence-electron chi connectivity index (χ1n) is 10.6. The molecular weight excluding hydrogens is 440 g/mol. The van der Waals surface area contributed by atoms with Gasteiger partial charge in [0.1, 0.15) is 11.8 Å². The van der Waals surface area contributed by atoms with Crippen LogP contribution in [0.15, 0.2) is 30.5 Å². The Morgan fingerprint density at radius 3 is 2.41 bits per heavy atom. The van der Waals surface area contributed by atoms with Crippen LogP contribution < -0.4 is 22.1 Å². The van der Waals surface area contributed by atoms with Crippen molar-refractivity contribution in [2.24, 2.45) is 5.92 Å². The molecule has 12 nitrogen and oxygen atoms in total. The van der Waals surface area contributed by atoms with Gasteiger partial charge in [-0.05, 0) is 30.7 Å². The SMILES string of the molecule is CC(C)C(=O)CCC(NC(=O)c1ccc(NCc2cnc3nc(N)nc(N)c3n2)cc1)C(=O)O. The van der Waals surface area contributed by atoms with Crippen LogP contribution in [-0.2, 0) is 16.1 Å². The highest BCUT2D eigenvalue weighted by molar-refractivity contribution is 5.97. The van der Waals surface area contributed by atoms with Crippen LogP contribution >= 0.6 is 0 Å². The zero-order valence-electron chi connectivity index (χ0n) is 18.8. The molecule has 1 amide bonds. The molecule has 1 unspecified atom stereocenters. The van der Waals surface area contributed by atoms with Gasteiger partial charge in [0.25, 0.3) is 5.91 Å². The first-order chi connectivity index (χ1) is 16.1. The average molecular weight is 467 g/mol. The van der Waals surface area contributed by atoms with Crippen molar-refractivity contribution in [2.45, 2.75) is 39.3 Å². The number of carbonyl (C=O) groups is 3. The minimum absolute atomic E-state index is 0.0213. The number of nitrogen functional groups attached to an aromatic ring is 2. The van der Waals surface area contributed by atoms with E-state index in [2.05, 4.69) is 30.6 Å². The number of ketones is 1. The van der Waals surface area contributed by atoms with E-state index in [-0.39, 0.29) is 36.3 Å². The molecule has 1 aromatic carbocycles. The van der Waals surface area contributed by atoms with Crippen LogP contribution in [0.5, 0.6) is 0 Å². The van der Waals surface area contributed by atoms with E-state index in [1.54, 1.807) is 44.3 Å². The molecule has 2 heterocycles. The Bertz CT molecular complexity index is 1210. The number of aromatic nitrogens is 4. The maximum atomic E-state index is 12.5. The summed E-state index contributed by atoms with van der Waals surface area (Å²) in [4.78, 5) is 52.2. The molecule has 0 bridgehead atoms. The highest BCUT2D eigenvalue weighted by Gasteiger charge is 2.22. The van der Waals surface area contributed by atoms with E-state index < -0.39 is 17.9 Å². The number of carbonyl (C=O) groups excluding carboxylic acids is 2. The smallest absolute Gasteiger partial charge is 0.326 e. The molecule has 0 aliphatic rings. The largest absolute Gasteiger partial charge is 0.480 e. The van der Waals surface area contributed by atoms with Gasteiger partial charge < -0.3 is 27.2 Å². The van der Waals surface area contributed by atoms with Crippen LogP contribution in [0.1, 0.15) is 42.7 Å². The molecule has 3 aromatic rings. The van der Waals surface area contributed by atoms with Crippen LogP contribution in [0.4, 0.5) is 17.5 Å². The van der Waals surface area contributed by atoms with Gasteiger partial charge in [-0.15, -0.1) is 0 Å². The van der Waals surface area contributed by atoms with Crippen molar-refractivity contribution >= 4 is 46.3 Å². The topological polar surface area (TPSA) is 199 Å². The molecule has 0 spiro atoms. The zero-order chi connectivity index (χ0) is 24.8. The fourth-order valence-electron chi connectivity index (χ4n) is 3.07. The second-order valence-electron chi connectivity index (χ2n) is 7.96. The van der Waals surface area contributed by atoms with Crippen molar-refractivity contribution in [3.05, 3.63) is 41.7 Å². The van der Waals surface area contributed by atoms with E-state index in [0.717, 1.165) is 0 Å².